The Morgan fingerprint density at radius 2 is 1.86 bits per heavy atom. The van der Waals surface area contributed by atoms with Gasteiger partial charge in [-0.2, -0.15) is 4.98 Å². The van der Waals surface area contributed by atoms with E-state index in [9.17, 15) is 9.59 Å². The molecule has 0 bridgehead atoms. The van der Waals surface area contributed by atoms with Crippen LogP contribution in [0.1, 0.15) is 21.7 Å². The van der Waals surface area contributed by atoms with Crippen LogP contribution < -0.4 is 5.32 Å². The zero-order chi connectivity index (χ0) is 20.1. The van der Waals surface area contributed by atoms with Crippen molar-refractivity contribution in [3.05, 3.63) is 65.5 Å². The van der Waals surface area contributed by atoms with Crippen LogP contribution in [0.3, 0.4) is 0 Å². The van der Waals surface area contributed by atoms with Gasteiger partial charge in [-0.3, -0.25) is 0 Å². The number of aromatic carboxylic acids is 1. The maximum Gasteiger partial charge on any atom is 0.335 e. The number of carbonyl (C=O) groups is 2. The van der Waals surface area contributed by atoms with Gasteiger partial charge in [-0.25, -0.2) is 9.59 Å². The minimum absolute atomic E-state index is 0.185. The highest BCUT2D eigenvalue weighted by Gasteiger charge is 2.14. The molecule has 0 unspecified atom stereocenters. The minimum Gasteiger partial charge on any atom is -0.478 e. The molecule has 0 aliphatic rings. The summed E-state index contributed by atoms with van der Waals surface area (Å²) in [5, 5.41) is 15.7. The molecule has 0 saturated heterocycles. The van der Waals surface area contributed by atoms with E-state index < -0.39 is 5.97 Å². The summed E-state index contributed by atoms with van der Waals surface area (Å²) >= 11 is 0. The number of para-hydroxylation sites is 1. The van der Waals surface area contributed by atoms with Crippen molar-refractivity contribution in [1.29, 1.82) is 0 Å². The van der Waals surface area contributed by atoms with Crippen molar-refractivity contribution in [2.24, 2.45) is 0 Å². The molecule has 0 spiro atoms. The lowest BCUT2D eigenvalue weighted by molar-refractivity contribution is 0.0697. The number of hydrogen-bond acceptors (Lipinski definition) is 5. The van der Waals surface area contributed by atoms with Crippen LogP contribution in [0.15, 0.2) is 53.1 Å². The normalized spacial score (nSPS) is 10.5. The summed E-state index contributed by atoms with van der Waals surface area (Å²) in [5.74, 6) is -0.225. The Kier molecular flexibility index (Phi) is 5.69. The molecule has 0 aliphatic heterocycles. The third kappa shape index (κ3) is 4.53. The van der Waals surface area contributed by atoms with E-state index in [-0.39, 0.29) is 11.6 Å². The highest BCUT2D eigenvalue weighted by molar-refractivity contribution is 5.90. The van der Waals surface area contributed by atoms with Gasteiger partial charge in [0, 0.05) is 31.3 Å². The first-order valence-corrected chi connectivity index (χ1v) is 8.68. The number of nitrogens with one attached hydrogen (secondary N) is 1. The second-order valence-electron chi connectivity index (χ2n) is 6.31. The molecule has 3 aromatic rings. The lowest BCUT2D eigenvalue weighted by atomic mass is 10.1. The van der Waals surface area contributed by atoms with Crippen molar-refractivity contribution in [2.45, 2.75) is 13.3 Å². The fourth-order valence-electron chi connectivity index (χ4n) is 2.52. The van der Waals surface area contributed by atoms with Gasteiger partial charge < -0.3 is 19.8 Å². The first kappa shape index (κ1) is 19.1. The van der Waals surface area contributed by atoms with Gasteiger partial charge in [0.25, 0.3) is 5.89 Å². The van der Waals surface area contributed by atoms with Gasteiger partial charge in [0.1, 0.15) is 0 Å². The topological polar surface area (TPSA) is 109 Å². The zero-order valence-electron chi connectivity index (χ0n) is 15.5. The predicted molar refractivity (Wildman–Crippen MR) is 103 cm³/mol. The van der Waals surface area contributed by atoms with Gasteiger partial charge in [-0.15, -0.1) is 0 Å². The van der Waals surface area contributed by atoms with Crippen LogP contribution >= 0.6 is 0 Å². The molecular weight excluding hydrogens is 360 g/mol. The van der Waals surface area contributed by atoms with Crippen molar-refractivity contribution in [2.75, 3.05) is 18.9 Å². The van der Waals surface area contributed by atoms with Crippen LogP contribution in [0.4, 0.5) is 10.5 Å². The number of benzene rings is 2. The Morgan fingerprint density at radius 1 is 1.14 bits per heavy atom. The van der Waals surface area contributed by atoms with Crippen LogP contribution in [0.5, 0.6) is 0 Å². The number of anilines is 1. The van der Waals surface area contributed by atoms with E-state index in [1.54, 1.807) is 24.1 Å². The molecule has 8 nitrogen and oxygen atoms in total. The second-order valence-corrected chi connectivity index (χ2v) is 6.31. The molecule has 2 amide bonds. The summed E-state index contributed by atoms with van der Waals surface area (Å²) in [4.78, 5) is 29.1. The maximum atomic E-state index is 12.3. The summed E-state index contributed by atoms with van der Waals surface area (Å²) in [7, 11) is 1.69. The fourth-order valence-corrected chi connectivity index (χ4v) is 2.52. The van der Waals surface area contributed by atoms with Crippen LogP contribution in [-0.4, -0.2) is 45.7 Å². The molecule has 144 valence electrons. The molecule has 0 aliphatic carbocycles. The van der Waals surface area contributed by atoms with E-state index >= 15 is 0 Å². The smallest absolute Gasteiger partial charge is 0.335 e. The number of likely N-dealkylation sites (N-methyl/N-ethyl adjacent to an activating group) is 1. The lowest BCUT2D eigenvalue weighted by Gasteiger charge is -2.18. The van der Waals surface area contributed by atoms with Gasteiger partial charge in [-0.05, 0) is 42.8 Å². The summed E-state index contributed by atoms with van der Waals surface area (Å²) in [6, 6.07) is 13.5. The Hall–Kier alpha value is -3.68. The zero-order valence-corrected chi connectivity index (χ0v) is 15.5. The van der Waals surface area contributed by atoms with Gasteiger partial charge in [0.15, 0.2) is 5.82 Å². The molecule has 28 heavy (non-hydrogen) atoms. The van der Waals surface area contributed by atoms with Gasteiger partial charge in [-0.1, -0.05) is 23.4 Å². The minimum atomic E-state index is -0.996. The molecule has 0 atom stereocenters. The van der Waals surface area contributed by atoms with Crippen molar-refractivity contribution in [1.82, 2.24) is 15.0 Å². The number of nitrogens with zero attached hydrogens (tertiary/aromatic N) is 3. The number of carbonyl (C=O) groups excluding carboxylic acids is 1. The molecule has 8 heteroatoms. The predicted octanol–water partition coefficient (Wildman–Crippen LogP) is 3.45. The summed E-state index contributed by atoms with van der Waals surface area (Å²) < 4.78 is 5.23. The standard InChI is InChI=1S/C20H20N4O4/c1-13-5-3-4-6-16(13)21-20(27)24(2)12-11-17-22-18(28-23-17)14-7-9-15(10-8-14)19(25)26/h3-10H,11-12H2,1-2H3,(H,21,27)(H,25,26). The molecule has 1 aromatic heterocycles. The average Bonchev–Trinajstić information content (AvgIpc) is 3.17. The summed E-state index contributed by atoms with van der Waals surface area (Å²) in [5.41, 5.74) is 2.58. The summed E-state index contributed by atoms with van der Waals surface area (Å²) in [6.45, 7) is 2.34. The van der Waals surface area contributed by atoms with E-state index in [0.717, 1.165) is 11.3 Å². The van der Waals surface area contributed by atoms with E-state index in [1.807, 2.05) is 31.2 Å². The second kappa shape index (κ2) is 8.34. The number of carboxylic acid groups (broad SMARTS) is 1. The molecule has 1 heterocycles. The number of aryl methyl sites for hydroxylation is 1. The molecule has 0 fully saturated rings. The number of hydrogen-bond donors (Lipinski definition) is 2. The lowest BCUT2D eigenvalue weighted by Crippen LogP contribution is -2.33. The number of rotatable bonds is 6. The molecule has 2 aromatic carbocycles. The number of aromatic nitrogens is 2. The van der Waals surface area contributed by atoms with Crippen LogP contribution in [0.2, 0.25) is 0 Å². The molecule has 3 rings (SSSR count). The Morgan fingerprint density at radius 3 is 2.54 bits per heavy atom. The Balaban J connectivity index is 1.57. The van der Waals surface area contributed by atoms with Crippen molar-refractivity contribution in [3.8, 4) is 11.5 Å². The van der Waals surface area contributed by atoms with Crippen molar-refractivity contribution in [3.63, 3.8) is 0 Å². The van der Waals surface area contributed by atoms with E-state index in [1.165, 1.54) is 12.1 Å². The van der Waals surface area contributed by atoms with Gasteiger partial charge >= 0.3 is 12.0 Å². The maximum absolute atomic E-state index is 12.3. The highest BCUT2D eigenvalue weighted by Crippen LogP contribution is 2.18. The first-order chi connectivity index (χ1) is 13.4. The third-order valence-corrected chi connectivity index (χ3v) is 4.25. The number of carboxylic acids is 1. The van der Waals surface area contributed by atoms with Crippen molar-refractivity contribution < 1.29 is 19.2 Å². The fraction of sp³-hybridized carbons (Fsp3) is 0.200. The van der Waals surface area contributed by atoms with E-state index in [2.05, 4.69) is 15.5 Å². The van der Waals surface area contributed by atoms with Crippen molar-refractivity contribution >= 4 is 17.7 Å². The third-order valence-electron chi connectivity index (χ3n) is 4.25. The Labute approximate surface area is 161 Å². The first-order valence-electron chi connectivity index (χ1n) is 8.68. The largest absolute Gasteiger partial charge is 0.478 e. The SMILES string of the molecule is Cc1ccccc1NC(=O)N(C)CCc1noc(-c2ccc(C(=O)O)cc2)n1. The van der Waals surface area contributed by atoms with Crippen LogP contribution in [0.25, 0.3) is 11.5 Å². The quantitative estimate of drug-likeness (QED) is 0.678. The van der Waals surface area contributed by atoms with E-state index in [0.29, 0.717) is 30.2 Å². The molecule has 2 N–H and O–H groups in total. The molecule has 0 radical (unpaired) electrons. The Bertz CT molecular complexity index is 982. The number of amides is 2. The van der Waals surface area contributed by atoms with Crippen LogP contribution in [0, 0.1) is 6.92 Å². The highest BCUT2D eigenvalue weighted by atomic mass is 16.5. The molecule has 0 saturated carbocycles. The summed E-state index contributed by atoms with van der Waals surface area (Å²) in [6.07, 6.45) is 0.425. The van der Waals surface area contributed by atoms with Crippen LogP contribution in [-0.2, 0) is 6.42 Å². The van der Waals surface area contributed by atoms with E-state index in [4.69, 9.17) is 9.63 Å². The monoisotopic (exact) mass is 380 g/mol. The van der Waals surface area contributed by atoms with Gasteiger partial charge in [0.2, 0.25) is 0 Å². The number of urea groups is 1. The van der Waals surface area contributed by atoms with Gasteiger partial charge in [0.05, 0.1) is 5.56 Å². The average molecular weight is 380 g/mol. The molecular formula is C20H20N4O4.